The van der Waals surface area contributed by atoms with Crippen LogP contribution in [0.5, 0.6) is 28.7 Å². The lowest BCUT2D eigenvalue weighted by atomic mass is 9.82. The minimum absolute atomic E-state index is 0.707. The summed E-state index contributed by atoms with van der Waals surface area (Å²) in [5.74, 6) is 3.85. The van der Waals surface area contributed by atoms with Gasteiger partial charge in [-0.1, -0.05) is 36.4 Å². The summed E-state index contributed by atoms with van der Waals surface area (Å²) < 4.78 is 29.5. The third kappa shape index (κ3) is 4.02. The molecule has 1 atom stereocenters. The summed E-state index contributed by atoms with van der Waals surface area (Å²) in [7, 11) is 6.69. The quantitative estimate of drug-likeness (QED) is 0.231. The van der Waals surface area contributed by atoms with Crippen molar-refractivity contribution >= 4 is 27.6 Å². The van der Waals surface area contributed by atoms with E-state index in [0.717, 1.165) is 66.8 Å². The van der Waals surface area contributed by atoms with Crippen LogP contribution in [0.4, 0.5) is 0 Å². The van der Waals surface area contributed by atoms with Crippen LogP contribution in [-0.2, 0) is 5.60 Å². The molecule has 196 valence electrons. The predicted molar refractivity (Wildman–Crippen MR) is 156 cm³/mol. The third-order valence-electron chi connectivity index (χ3n) is 7.59. The molecular formula is C34H30O5. The topological polar surface area (TPSA) is 46.2 Å². The lowest BCUT2D eigenvalue weighted by Crippen LogP contribution is -2.34. The van der Waals surface area contributed by atoms with Gasteiger partial charge in [-0.2, -0.15) is 0 Å². The Labute approximate surface area is 228 Å². The van der Waals surface area contributed by atoms with Crippen molar-refractivity contribution in [3.05, 3.63) is 107 Å². The molecule has 5 heteroatoms. The molecule has 1 aliphatic rings. The molecule has 1 heterocycles. The second kappa shape index (κ2) is 9.59. The molecule has 0 amide bonds. The first-order valence-corrected chi connectivity index (χ1v) is 12.8. The Hall–Kier alpha value is -4.64. The summed E-state index contributed by atoms with van der Waals surface area (Å²) in [6, 6.07) is 26.7. The van der Waals surface area contributed by atoms with Crippen molar-refractivity contribution in [2.75, 3.05) is 28.4 Å². The highest BCUT2D eigenvalue weighted by Gasteiger charge is 2.38. The van der Waals surface area contributed by atoms with Crippen molar-refractivity contribution in [3.63, 3.8) is 0 Å². The molecular weight excluding hydrogens is 488 g/mol. The van der Waals surface area contributed by atoms with E-state index in [4.69, 9.17) is 23.7 Å². The maximum atomic E-state index is 7.19. The van der Waals surface area contributed by atoms with E-state index in [1.54, 1.807) is 28.4 Å². The number of methoxy groups -OCH3 is 4. The van der Waals surface area contributed by atoms with E-state index in [9.17, 15) is 0 Å². The number of benzene rings is 5. The first kappa shape index (κ1) is 24.7. The van der Waals surface area contributed by atoms with Gasteiger partial charge in [-0.15, -0.1) is 0 Å². The van der Waals surface area contributed by atoms with Gasteiger partial charge in [0.05, 0.1) is 28.4 Å². The first-order chi connectivity index (χ1) is 19.0. The highest BCUT2D eigenvalue weighted by molar-refractivity contribution is 5.99. The van der Waals surface area contributed by atoms with Crippen LogP contribution in [0.3, 0.4) is 0 Å². The lowest BCUT2D eigenvalue weighted by Gasteiger charge is -2.37. The fourth-order valence-corrected chi connectivity index (χ4v) is 5.45. The SMILES string of the molecule is COc1ccc(C2(c3ccc4cc(OC)ccc4c3)C=Cc3c(C)cc4c(OC)cc(OC)cc4c3O2)cc1. The van der Waals surface area contributed by atoms with Crippen molar-refractivity contribution in [1.29, 1.82) is 0 Å². The molecule has 1 aliphatic heterocycles. The second-order valence-electron chi connectivity index (χ2n) is 9.69. The fraction of sp³-hybridized carbons (Fsp3) is 0.176. The molecule has 1 unspecified atom stereocenters. The molecule has 0 bridgehead atoms. The summed E-state index contributed by atoms with van der Waals surface area (Å²) in [6.45, 7) is 2.10. The molecule has 0 saturated heterocycles. The minimum atomic E-state index is -0.884. The Morgan fingerprint density at radius 3 is 1.97 bits per heavy atom. The van der Waals surface area contributed by atoms with E-state index >= 15 is 0 Å². The zero-order valence-corrected chi connectivity index (χ0v) is 22.7. The first-order valence-electron chi connectivity index (χ1n) is 12.8. The van der Waals surface area contributed by atoms with Gasteiger partial charge in [0.2, 0.25) is 0 Å². The van der Waals surface area contributed by atoms with Crippen molar-refractivity contribution < 1.29 is 23.7 Å². The van der Waals surface area contributed by atoms with Gasteiger partial charge in [0.25, 0.3) is 0 Å². The van der Waals surface area contributed by atoms with Crippen LogP contribution < -0.4 is 23.7 Å². The Bertz CT molecular complexity index is 1740. The second-order valence-corrected chi connectivity index (χ2v) is 9.69. The van der Waals surface area contributed by atoms with Crippen LogP contribution in [0.2, 0.25) is 0 Å². The normalized spacial score (nSPS) is 16.0. The van der Waals surface area contributed by atoms with Gasteiger partial charge in [-0.3, -0.25) is 0 Å². The molecule has 0 aromatic heterocycles. The molecule has 0 N–H and O–H groups in total. The molecule has 0 saturated carbocycles. The van der Waals surface area contributed by atoms with Crippen LogP contribution in [0.1, 0.15) is 22.3 Å². The molecule has 6 rings (SSSR count). The van der Waals surface area contributed by atoms with Crippen LogP contribution >= 0.6 is 0 Å². The molecule has 5 aromatic rings. The summed E-state index contributed by atoms with van der Waals surface area (Å²) in [5.41, 5.74) is 3.25. The number of hydrogen-bond donors (Lipinski definition) is 0. The van der Waals surface area contributed by atoms with Crippen molar-refractivity contribution in [3.8, 4) is 28.7 Å². The maximum Gasteiger partial charge on any atom is 0.178 e. The number of ether oxygens (including phenoxy) is 5. The van der Waals surface area contributed by atoms with Crippen molar-refractivity contribution in [2.45, 2.75) is 12.5 Å². The van der Waals surface area contributed by atoms with Crippen LogP contribution in [0.15, 0.2) is 84.9 Å². The monoisotopic (exact) mass is 518 g/mol. The van der Waals surface area contributed by atoms with E-state index in [1.165, 1.54) is 0 Å². The minimum Gasteiger partial charge on any atom is -0.497 e. The van der Waals surface area contributed by atoms with E-state index < -0.39 is 5.60 Å². The lowest BCUT2D eigenvalue weighted by molar-refractivity contribution is 0.163. The predicted octanol–water partition coefficient (Wildman–Crippen LogP) is 7.69. The maximum absolute atomic E-state index is 7.19. The van der Waals surface area contributed by atoms with E-state index in [2.05, 4.69) is 61.5 Å². The zero-order valence-electron chi connectivity index (χ0n) is 22.7. The van der Waals surface area contributed by atoms with Crippen molar-refractivity contribution in [1.82, 2.24) is 0 Å². The standard InChI is InChI=1S/C34H30O5/c1-21-16-30-31(19-28(37-4)20-32(30)38-5)33-29(21)14-15-34(39-33,24-9-12-26(35-2)13-10-24)25-8-6-23-18-27(36-3)11-7-22(23)17-25/h6-20H,1-5H3. The van der Waals surface area contributed by atoms with Crippen molar-refractivity contribution in [2.24, 2.45) is 0 Å². The summed E-state index contributed by atoms with van der Waals surface area (Å²) in [5, 5.41) is 4.10. The molecule has 5 aromatic carbocycles. The average molecular weight is 519 g/mol. The van der Waals surface area contributed by atoms with Gasteiger partial charge in [-0.25, -0.2) is 0 Å². The van der Waals surface area contributed by atoms with E-state index in [1.807, 2.05) is 36.4 Å². The molecule has 39 heavy (non-hydrogen) atoms. The highest BCUT2D eigenvalue weighted by atomic mass is 16.5. The largest absolute Gasteiger partial charge is 0.497 e. The number of aryl methyl sites for hydroxylation is 1. The third-order valence-corrected chi connectivity index (χ3v) is 7.59. The van der Waals surface area contributed by atoms with Gasteiger partial charge in [-0.05, 0) is 71.8 Å². The van der Waals surface area contributed by atoms with Gasteiger partial charge < -0.3 is 23.7 Å². The van der Waals surface area contributed by atoms with Gasteiger partial charge in [0.1, 0.15) is 28.7 Å². The molecule has 0 aliphatic carbocycles. The van der Waals surface area contributed by atoms with Crippen LogP contribution in [-0.4, -0.2) is 28.4 Å². The molecule has 5 nitrogen and oxygen atoms in total. The molecule has 0 fully saturated rings. The molecule has 0 spiro atoms. The van der Waals surface area contributed by atoms with Crippen LogP contribution in [0, 0.1) is 6.92 Å². The number of hydrogen-bond acceptors (Lipinski definition) is 5. The summed E-state index contributed by atoms with van der Waals surface area (Å²) in [4.78, 5) is 0. The number of fused-ring (bicyclic) bond motifs is 4. The summed E-state index contributed by atoms with van der Waals surface area (Å²) in [6.07, 6.45) is 4.32. The Balaban J connectivity index is 1.62. The smallest absolute Gasteiger partial charge is 0.178 e. The average Bonchev–Trinajstić information content (AvgIpc) is 3.00. The highest BCUT2D eigenvalue weighted by Crippen LogP contribution is 2.49. The molecule has 0 radical (unpaired) electrons. The van der Waals surface area contributed by atoms with Gasteiger partial charge in [0.15, 0.2) is 5.60 Å². The Morgan fingerprint density at radius 2 is 1.26 bits per heavy atom. The number of rotatable bonds is 6. The van der Waals surface area contributed by atoms with Crippen LogP contribution in [0.25, 0.3) is 27.6 Å². The van der Waals surface area contributed by atoms with Gasteiger partial charge in [0, 0.05) is 33.5 Å². The Kier molecular flexibility index (Phi) is 6.07. The fourth-order valence-electron chi connectivity index (χ4n) is 5.45. The summed E-state index contributed by atoms with van der Waals surface area (Å²) >= 11 is 0. The van der Waals surface area contributed by atoms with Gasteiger partial charge >= 0.3 is 0 Å². The van der Waals surface area contributed by atoms with E-state index in [-0.39, 0.29) is 0 Å². The van der Waals surface area contributed by atoms with E-state index in [0.29, 0.717) is 5.75 Å². The Morgan fingerprint density at radius 1 is 0.590 bits per heavy atom. The zero-order chi connectivity index (χ0) is 27.1.